The van der Waals surface area contributed by atoms with Gasteiger partial charge >= 0.3 is 0 Å². The molecular formula is C30H28BrNO2. The molecule has 4 rings (SSSR count). The smallest absolute Gasteiger partial charge is 0.225 e. The molecule has 3 aromatic carbocycles. The summed E-state index contributed by atoms with van der Waals surface area (Å²) in [7, 11) is 0. The van der Waals surface area contributed by atoms with Crippen LogP contribution in [0.4, 0.5) is 0 Å². The molecule has 0 aliphatic rings. The van der Waals surface area contributed by atoms with Gasteiger partial charge < -0.3 is 9.47 Å². The largest absolute Gasteiger partial charge is 0.473 e. The number of hydrogen-bond acceptors (Lipinski definition) is 3. The molecule has 3 nitrogen and oxygen atoms in total. The summed E-state index contributed by atoms with van der Waals surface area (Å²) in [6, 6.07) is 30.5. The molecule has 34 heavy (non-hydrogen) atoms. The number of pyridine rings is 1. The second-order valence-corrected chi connectivity index (χ2v) is 8.84. The average molecular weight is 514 g/mol. The Balaban J connectivity index is 1.70. The van der Waals surface area contributed by atoms with Crippen LogP contribution in [0.3, 0.4) is 0 Å². The lowest BCUT2D eigenvalue weighted by Crippen LogP contribution is -2.04. The summed E-state index contributed by atoms with van der Waals surface area (Å²) < 4.78 is 13.4. The summed E-state index contributed by atoms with van der Waals surface area (Å²) in [6.45, 7) is 5.15. The van der Waals surface area contributed by atoms with E-state index in [0.717, 1.165) is 38.7 Å². The highest BCUT2D eigenvalue weighted by atomic mass is 79.9. The van der Waals surface area contributed by atoms with Crippen molar-refractivity contribution in [2.45, 2.75) is 33.5 Å². The molecule has 1 aromatic heterocycles. The van der Waals surface area contributed by atoms with E-state index in [9.17, 15) is 0 Å². The average Bonchev–Trinajstić information content (AvgIpc) is 2.88. The van der Waals surface area contributed by atoms with Crippen molar-refractivity contribution in [3.63, 3.8) is 0 Å². The molecule has 0 fully saturated rings. The molecule has 0 aliphatic carbocycles. The first-order valence-electron chi connectivity index (χ1n) is 11.5. The van der Waals surface area contributed by atoms with Gasteiger partial charge in [-0.15, -0.1) is 0 Å². The quantitative estimate of drug-likeness (QED) is 0.226. The molecule has 0 aliphatic heterocycles. The molecule has 0 bridgehead atoms. The molecule has 0 N–H and O–H groups in total. The second-order valence-electron chi connectivity index (χ2n) is 7.99. The van der Waals surface area contributed by atoms with E-state index in [-0.39, 0.29) is 0 Å². The van der Waals surface area contributed by atoms with Crippen molar-refractivity contribution in [3.8, 4) is 11.8 Å². The highest BCUT2D eigenvalue weighted by Gasteiger charge is 2.17. The first-order chi connectivity index (χ1) is 16.7. The summed E-state index contributed by atoms with van der Waals surface area (Å²) in [5.41, 5.74) is 6.57. The monoisotopic (exact) mass is 513 g/mol. The van der Waals surface area contributed by atoms with E-state index < -0.39 is 0 Å². The van der Waals surface area contributed by atoms with Crippen molar-refractivity contribution < 1.29 is 9.47 Å². The van der Waals surface area contributed by atoms with Crippen LogP contribution < -0.4 is 9.47 Å². The van der Waals surface area contributed by atoms with Gasteiger partial charge in [-0.25, -0.2) is 0 Å². The van der Waals surface area contributed by atoms with Gasteiger partial charge in [0.2, 0.25) is 11.8 Å². The van der Waals surface area contributed by atoms with E-state index in [2.05, 4.69) is 72.3 Å². The molecule has 1 heterocycles. The minimum Gasteiger partial charge on any atom is -0.473 e. The van der Waals surface area contributed by atoms with E-state index in [1.807, 2.05) is 54.6 Å². The van der Waals surface area contributed by atoms with E-state index in [4.69, 9.17) is 14.5 Å². The number of rotatable bonds is 9. The topological polar surface area (TPSA) is 31.4 Å². The van der Waals surface area contributed by atoms with Gasteiger partial charge in [-0.05, 0) is 53.3 Å². The van der Waals surface area contributed by atoms with Gasteiger partial charge in [0.25, 0.3) is 0 Å². The number of aromatic nitrogens is 1. The van der Waals surface area contributed by atoms with Crippen LogP contribution in [0, 0.1) is 6.92 Å². The van der Waals surface area contributed by atoms with Crippen LogP contribution in [0.25, 0.3) is 5.57 Å². The molecule has 172 valence electrons. The standard InChI is InChI=1S/C30H28BrNO2/c1-3-11-26(25-16-10-17-28(31)22(25)2)27-18-19-29(33-20-23-12-6-4-7-13-23)32-30(27)34-21-24-14-8-5-9-15-24/h4-19H,3,20-21H2,1-2H3/b26-11-. The zero-order valence-corrected chi connectivity index (χ0v) is 21.1. The Morgan fingerprint density at radius 3 is 2.06 bits per heavy atom. The lowest BCUT2D eigenvalue weighted by molar-refractivity contribution is 0.267. The SMILES string of the molecule is CC/C=C(\c1ccc(OCc2ccccc2)nc1OCc1ccccc1)c1cccc(Br)c1C. The van der Waals surface area contributed by atoms with Gasteiger partial charge in [0.05, 0.1) is 0 Å². The third-order valence-electron chi connectivity index (χ3n) is 5.54. The van der Waals surface area contributed by atoms with Crippen LogP contribution in [-0.4, -0.2) is 4.98 Å². The van der Waals surface area contributed by atoms with Crippen LogP contribution >= 0.6 is 15.9 Å². The van der Waals surface area contributed by atoms with Crippen LogP contribution in [0.15, 0.2) is 102 Å². The molecular weight excluding hydrogens is 486 g/mol. The number of halogens is 1. The van der Waals surface area contributed by atoms with Crippen molar-refractivity contribution in [2.24, 2.45) is 0 Å². The van der Waals surface area contributed by atoms with Gasteiger partial charge in [-0.2, -0.15) is 4.98 Å². The Hall–Kier alpha value is -3.37. The zero-order chi connectivity index (χ0) is 23.8. The predicted molar refractivity (Wildman–Crippen MR) is 142 cm³/mol. The Morgan fingerprint density at radius 2 is 1.41 bits per heavy atom. The fourth-order valence-corrected chi connectivity index (χ4v) is 4.11. The third-order valence-corrected chi connectivity index (χ3v) is 6.40. The minimum atomic E-state index is 0.430. The summed E-state index contributed by atoms with van der Waals surface area (Å²) in [5.74, 6) is 1.10. The van der Waals surface area contributed by atoms with Crippen LogP contribution in [0.2, 0.25) is 0 Å². The minimum absolute atomic E-state index is 0.430. The van der Waals surface area contributed by atoms with Crippen molar-refractivity contribution in [1.29, 1.82) is 0 Å². The zero-order valence-electron chi connectivity index (χ0n) is 19.5. The number of allylic oxidation sites excluding steroid dienone is 1. The fraction of sp³-hybridized carbons (Fsp3) is 0.167. The first-order valence-corrected chi connectivity index (χ1v) is 12.3. The summed E-state index contributed by atoms with van der Waals surface area (Å²) in [5, 5.41) is 0. The van der Waals surface area contributed by atoms with E-state index in [0.29, 0.717) is 25.0 Å². The first kappa shape index (κ1) is 23.8. The number of benzene rings is 3. The molecule has 0 amide bonds. The number of ether oxygens (including phenoxy) is 2. The maximum atomic E-state index is 6.29. The normalized spacial score (nSPS) is 11.3. The van der Waals surface area contributed by atoms with E-state index >= 15 is 0 Å². The lowest BCUT2D eigenvalue weighted by Gasteiger charge is -2.17. The van der Waals surface area contributed by atoms with Gasteiger partial charge in [0.15, 0.2) is 0 Å². The molecule has 4 heteroatoms. The Morgan fingerprint density at radius 1 is 0.765 bits per heavy atom. The maximum absolute atomic E-state index is 6.29. The van der Waals surface area contributed by atoms with Crippen molar-refractivity contribution in [2.75, 3.05) is 0 Å². The van der Waals surface area contributed by atoms with Gasteiger partial charge in [0.1, 0.15) is 13.2 Å². The number of hydrogen-bond donors (Lipinski definition) is 0. The van der Waals surface area contributed by atoms with Crippen molar-refractivity contribution >= 4 is 21.5 Å². The van der Waals surface area contributed by atoms with Crippen LogP contribution in [0.5, 0.6) is 11.8 Å². The molecule has 0 radical (unpaired) electrons. The molecule has 0 saturated carbocycles. The molecule has 0 unspecified atom stereocenters. The van der Waals surface area contributed by atoms with Gasteiger partial charge in [0, 0.05) is 16.1 Å². The Kier molecular flexibility index (Phi) is 8.16. The highest BCUT2D eigenvalue weighted by Crippen LogP contribution is 2.35. The second kappa shape index (κ2) is 11.7. The fourth-order valence-electron chi connectivity index (χ4n) is 3.74. The predicted octanol–water partition coefficient (Wildman–Crippen LogP) is 8.15. The Bertz CT molecular complexity index is 1250. The highest BCUT2D eigenvalue weighted by molar-refractivity contribution is 9.10. The molecule has 0 atom stereocenters. The lowest BCUT2D eigenvalue weighted by atomic mass is 9.94. The number of nitrogens with zero attached hydrogens (tertiary/aromatic N) is 1. The van der Waals surface area contributed by atoms with Gasteiger partial charge in [-0.3, -0.25) is 0 Å². The van der Waals surface area contributed by atoms with Crippen LogP contribution in [0.1, 0.15) is 41.2 Å². The molecule has 0 saturated heterocycles. The third kappa shape index (κ3) is 5.95. The van der Waals surface area contributed by atoms with E-state index in [1.54, 1.807) is 0 Å². The van der Waals surface area contributed by atoms with Crippen molar-refractivity contribution in [1.82, 2.24) is 4.98 Å². The van der Waals surface area contributed by atoms with E-state index in [1.165, 1.54) is 5.56 Å². The van der Waals surface area contributed by atoms with Gasteiger partial charge in [-0.1, -0.05) is 102 Å². The van der Waals surface area contributed by atoms with Crippen LogP contribution in [-0.2, 0) is 13.2 Å². The summed E-state index contributed by atoms with van der Waals surface area (Å²) >= 11 is 3.68. The summed E-state index contributed by atoms with van der Waals surface area (Å²) in [6.07, 6.45) is 3.12. The maximum Gasteiger partial charge on any atom is 0.225 e. The Labute approximate surface area is 210 Å². The molecule has 4 aromatic rings. The van der Waals surface area contributed by atoms with Crippen molar-refractivity contribution in [3.05, 3.63) is 129 Å². The molecule has 0 spiro atoms. The summed E-state index contributed by atoms with van der Waals surface area (Å²) in [4.78, 5) is 4.79.